The van der Waals surface area contributed by atoms with Gasteiger partial charge in [-0.1, -0.05) is 68.7 Å². The third-order valence-electron chi connectivity index (χ3n) is 3.39. The summed E-state index contributed by atoms with van der Waals surface area (Å²) in [5, 5.41) is 18.8. The first-order valence-corrected chi connectivity index (χ1v) is 9.75. The van der Waals surface area contributed by atoms with Gasteiger partial charge in [-0.15, -0.1) is 0 Å². The number of carbonyl (C=O) groups is 2. The second-order valence-corrected chi connectivity index (χ2v) is 12.1. The van der Waals surface area contributed by atoms with Crippen molar-refractivity contribution in [2.45, 2.75) is 103 Å². The normalized spacial score (nSPS) is 15.2. The van der Waals surface area contributed by atoms with Gasteiger partial charge in [0.25, 0.3) is 0 Å². The Balaban J connectivity index is -0.000000413. The number of hydrogen-bond donors (Lipinski definition) is 0. The first kappa shape index (κ1) is 28.8. The van der Waals surface area contributed by atoms with Crippen LogP contribution in [0.25, 0.3) is 0 Å². The van der Waals surface area contributed by atoms with Crippen molar-refractivity contribution in [1.82, 2.24) is 0 Å². The number of aliphatic carboxylic acids is 2. The third-order valence-corrected chi connectivity index (χ3v) is 7.52. The molecule has 1 fully saturated rings. The van der Waals surface area contributed by atoms with Crippen LogP contribution in [0.3, 0.4) is 0 Å². The molecule has 0 aromatic carbocycles. The average Bonchev–Trinajstić information content (AvgIpc) is 2.24. The molecular formula is C18H35O4PPd. The molecule has 0 heterocycles. The Hall–Kier alpha value is 0.0323. The van der Waals surface area contributed by atoms with E-state index in [2.05, 4.69) is 41.5 Å². The molecule has 1 rings (SSSR count). The Morgan fingerprint density at radius 1 is 0.792 bits per heavy atom. The zero-order chi connectivity index (χ0) is 18.8. The Labute approximate surface area is 163 Å². The van der Waals surface area contributed by atoms with Crippen molar-refractivity contribution in [3.05, 3.63) is 0 Å². The molecule has 0 saturated heterocycles. The van der Waals surface area contributed by atoms with Crippen LogP contribution in [0, 0.1) is 0 Å². The summed E-state index contributed by atoms with van der Waals surface area (Å²) in [5.74, 6) is -2.17. The van der Waals surface area contributed by atoms with Crippen molar-refractivity contribution < 1.29 is 40.2 Å². The van der Waals surface area contributed by atoms with Gasteiger partial charge < -0.3 is 19.8 Å². The summed E-state index contributed by atoms with van der Waals surface area (Å²) >= 11 is 0. The second kappa shape index (κ2) is 13.3. The Kier molecular flexibility index (Phi) is 15.9. The molecule has 146 valence electrons. The molecule has 1 aliphatic rings. The Morgan fingerprint density at radius 2 is 1.04 bits per heavy atom. The maximum Gasteiger partial charge on any atom is 2.00 e. The Bertz CT molecular complexity index is 319. The van der Waals surface area contributed by atoms with Gasteiger partial charge >= 0.3 is 20.4 Å². The van der Waals surface area contributed by atoms with Gasteiger partial charge in [0, 0.05) is 11.9 Å². The summed E-state index contributed by atoms with van der Waals surface area (Å²) in [4.78, 5) is 17.8. The smallest absolute Gasteiger partial charge is 0.550 e. The zero-order valence-electron chi connectivity index (χ0n) is 16.5. The van der Waals surface area contributed by atoms with Gasteiger partial charge in [-0.3, -0.25) is 0 Å². The van der Waals surface area contributed by atoms with Crippen molar-refractivity contribution in [2.75, 3.05) is 0 Å². The first-order valence-electron chi connectivity index (χ1n) is 8.34. The van der Waals surface area contributed by atoms with Crippen molar-refractivity contribution in [1.29, 1.82) is 0 Å². The van der Waals surface area contributed by atoms with Gasteiger partial charge in [0.05, 0.1) is 0 Å². The monoisotopic (exact) mass is 452 g/mol. The molecule has 4 nitrogen and oxygen atoms in total. The number of carboxylic acid groups (broad SMARTS) is 2. The largest absolute Gasteiger partial charge is 2.00 e. The van der Waals surface area contributed by atoms with Crippen molar-refractivity contribution in [3.8, 4) is 0 Å². The van der Waals surface area contributed by atoms with E-state index in [0.29, 0.717) is 10.3 Å². The summed E-state index contributed by atoms with van der Waals surface area (Å²) in [6.07, 6.45) is 7.44. The minimum absolute atomic E-state index is 0. The van der Waals surface area contributed by atoms with Crippen LogP contribution in [0.15, 0.2) is 0 Å². The topological polar surface area (TPSA) is 80.3 Å². The fourth-order valence-electron chi connectivity index (χ4n) is 3.44. The minimum Gasteiger partial charge on any atom is -0.550 e. The van der Waals surface area contributed by atoms with Crippen molar-refractivity contribution in [3.63, 3.8) is 0 Å². The van der Waals surface area contributed by atoms with Crippen LogP contribution in [0.4, 0.5) is 0 Å². The standard InChI is InChI=1S/C14H29P.2C2H4O2.Pd/c1-13(2,3)15(14(4,5)6)12-10-8-7-9-11-12;2*1-2(3)4;/h12H,7-11H2,1-6H3;2*1H3,(H,3,4);/q;;;+2/p-2. The van der Waals surface area contributed by atoms with Gasteiger partial charge in [0.2, 0.25) is 0 Å². The van der Waals surface area contributed by atoms with E-state index in [-0.39, 0.29) is 28.3 Å². The molecule has 0 N–H and O–H groups in total. The SMILES string of the molecule is CC(=O)[O-].CC(=O)[O-].CC(C)(C)P(C1CCCCC1)C(C)(C)C.[Pd+2]. The molecule has 0 amide bonds. The van der Waals surface area contributed by atoms with Crippen LogP contribution in [-0.2, 0) is 30.0 Å². The van der Waals surface area contributed by atoms with E-state index < -0.39 is 11.9 Å². The van der Waals surface area contributed by atoms with Crippen molar-refractivity contribution in [2.24, 2.45) is 0 Å². The summed E-state index contributed by atoms with van der Waals surface area (Å²) in [7, 11) is 0.139. The van der Waals surface area contributed by atoms with Crippen LogP contribution in [0.1, 0.15) is 87.5 Å². The first-order chi connectivity index (χ1) is 10.2. The van der Waals surface area contributed by atoms with E-state index in [1.54, 1.807) is 0 Å². The molecule has 24 heavy (non-hydrogen) atoms. The van der Waals surface area contributed by atoms with Gasteiger partial charge in [0.1, 0.15) is 0 Å². The zero-order valence-corrected chi connectivity index (χ0v) is 19.0. The molecular weight excluding hydrogens is 418 g/mol. The van der Waals surface area contributed by atoms with Crippen LogP contribution < -0.4 is 10.2 Å². The van der Waals surface area contributed by atoms with Crippen LogP contribution in [0.2, 0.25) is 0 Å². The van der Waals surface area contributed by atoms with Gasteiger partial charge in [0.15, 0.2) is 0 Å². The minimum atomic E-state index is -1.08. The average molecular weight is 453 g/mol. The van der Waals surface area contributed by atoms with Gasteiger partial charge in [-0.25, -0.2) is 0 Å². The van der Waals surface area contributed by atoms with E-state index in [9.17, 15) is 0 Å². The molecule has 0 spiro atoms. The summed E-state index contributed by atoms with van der Waals surface area (Å²) in [5.41, 5.74) is 1.04. The summed E-state index contributed by atoms with van der Waals surface area (Å²) in [6.45, 7) is 16.7. The number of rotatable bonds is 1. The van der Waals surface area contributed by atoms with Crippen LogP contribution in [0.5, 0.6) is 0 Å². The predicted molar refractivity (Wildman–Crippen MR) is 94.7 cm³/mol. The van der Waals surface area contributed by atoms with E-state index in [1.165, 1.54) is 32.1 Å². The predicted octanol–water partition coefficient (Wildman–Crippen LogP) is 2.91. The van der Waals surface area contributed by atoms with Crippen LogP contribution >= 0.6 is 7.92 Å². The van der Waals surface area contributed by atoms with Crippen molar-refractivity contribution >= 4 is 19.9 Å². The van der Waals surface area contributed by atoms with E-state index >= 15 is 0 Å². The van der Waals surface area contributed by atoms with Crippen LogP contribution in [-0.4, -0.2) is 27.9 Å². The maximum absolute atomic E-state index is 8.89. The fourth-order valence-corrected chi connectivity index (χ4v) is 8.53. The molecule has 0 aliphatic heterocycles. The summed E-state index contributed by atoms with van der Waals surface area (Å²) < 4.78 is 0. The molecule has 1 aliphatic carbocycles. The molecule has 0 radical (unpaired) electrons. The number of carboxylic acids is 2. The van der Waals surface area contributed by atoms with Gasteiger partial charge in [-0.2, -0.15) is 0 Å². The van der Waals surface area contributed by atoms with E-state index in [4.69, 9.17) is 19.8 Å². The quantitative estimate of drug-likeness (QED) is 0.452. The molecule has 6 heteroatoms. The molecule has 0 atom stereocenters. The number of hydrogen-bond acceptors (Lipinski definition) is 4. The fraction of sp³-hybridized carbons (Fsp3) is 0.889. The summed E-state index contributed by atoms with van der Waals surface area (Å²) in [6, 6.07) is 0. The third kappa shape index (κ3) is 16.9. The molecule has 1 saturated carbocycles. The van der Waals surface area contributed by atoms with Gasteiger partial charge in [-0.05, 0) is 42.7 Å². The second-order valence-electron chi connectivity index (χ2n) is 7.99. The number of carbonyl (C=O) groups excluding carboxylic acids is 2. The molecule has 0 aromatic rings. The molecule has 0 aromatic heterocycles. The molecule has 0 unspecified atom stereocenters. The Morgan fingerprint density at radius 3 is 1.25 bits per heavy atom. The van der Waals surface area contributed by atoms with E-state index in [0.717, 1.165) is 19.5 Å². The maximum atomic E-state index is 8.89. The van der Waals surface area contributed by atoms with E-state index in [1.807, 2.05) is 0 Å². The molecule has 0 bridgehead atoms.